The zero-order chi connectivity index (χ0) is 18.6. The van der Waals surface area contributed by atoms with E-state index in [0.717, 1.165) is 0 Å². The van der Waals surface area contributed by atoms with Gasteiger partial charge in [-0.25, -0.2) is 8.93 Å². The van der Waals surface area contributed by atoms with Crippen molar-refractivity contribution < 1.29 is 26.9 Å². The quantitative estimate of drug-likeness (QED) is 0.786. The molecule has 0 aliphatic carbocycles. The summed E-state index contributed by atoms with van der Waals surface area (Å²) in [4.78, 5) is 11.8. The van der Waals surface area contributed by atoms with Gasteiger partial charge in [0.1, 0.15) is 0 Å². The van der Waals surface area contributed by atoms with Gasteiger partial charge in [-0.05, 0) is 33.3 Å². The average molecular weight is 365 g/mol. The van der Waals surface area contributed by atoms with E-state index in [1.54, 1.807) is 26.8 Å². The van der Waals surface area contributed by atoms with Gasteiger partial charge >= 0.3 is 12.1 Å². The molecule has 0 radical (unpaired) electrons. The van der Waals surface area contributed by atoms with Crippen LogP contribution in [0.4, 0.5) is 13.2 Å². The molecule has 0 aromatic heterocycles. The van der Waals surface area contributed by atoms with Crippen molar-refractivity contribution in [2.24, 2.45) is 0 Å². The van der Waals surface area contributed by atoms with Gasteiger partial charge in [0.05, 0.1) is 28.8 Å². The third kappa shape index (κ3) is 4.80. The summed E-state index contributed by atoms with van der Waals surface area (Å²) in [6, 6.07) is 6.93. The number of carbonyl (C=O) groups is 1. The number of nitrogens with one attached hydrogen (secondary N) is 1. The van der Waals surface area contributed by atoms with Crippen LogP contribution in [0.5, 0.6) is 0 Å². The van der Waals surface area contributed by atoms with Gasteiger partial charge in [0, 0.05) is 0 Å². The predicted molar refractivity (Wildman–Crippen MR) is 86.5 cm³/mol. The molecule has 0 saturated carbocycles. The number of halogens is 3. The van der Waals surface area contributed by atoms with E-state index >= 15 is 0 Å². The Labute approximate surface area is 142 Å². The fraction of sp³-hybridized carbons (Fsp3) is 0.562. The minimum absolute atomic E-state index is 0.0378. The maximum atomic E-state index is 14.0. The highest BCUT2D eigenvalue weighted by atomic mass is 32.2. The van der Waals surface area contributed by atoms with Crippen molar-refractivity contribution in [1.29, 1.82) is 0 Å². The molecule has 0 amide bonds. The van der Waals surface area contributed by atoms with Gasteiger partial charge in [-0.1, -0.05) is 30.3 Å². The van der Waals surface area contributed by atoms with E-state index < -0.39 is 39.8 Å². The van der Waals surface area contributed by atoms with Crippen LogP contribution in [0.25, 0.3) is 0 Å². The zero-order valence-corrected chi connectivity index (χ0v) is 14.9. The van der Waals surface area contributed by atoms with Crippen LogP contribution in [-0.2, 0) is 26.1 Å². The van der Waals surface area contributed by atoms with Crippen molar-refractivity contribution in [1.82, 2.24) is 4.72 Å². The number of hydrogen-bond acceptors (Lipinski definition) is 3. The second-order valence-corrected chi connectivity index (χ2v) is 8.20. The molecule has 0 bridgehead atoms. The number of esters is 1. The van der Waals surface area contributed by atoms with Gasteiger partial charge in [0.2, 0.25) is 0 Å². The van der Waals surface area contributed by atoms with E-state index in [1.807, 2.05) is 0 Å². The first-order chi connectivity index (χ1) is 10.9. The third-order valence-corrected chi connectivity index (χ3v) is 4.93. The topological polar surface area (TPSA) is 55.4 Å². The first-order valence-corrected chi connectivity index (χ1v) is 8.56. The monoisotopic (exact) mass is 365 g/mol. The van der Waals surface area contributed by atoms with Crippen molar-refractivity contribution in [3.05, 3.63) is 35.9 Å². The summed E-state index contributed by atoms with van der Waals surface area (Å²) in [6.07, 6.45) is -5.86. The Morgan fingerprint density at radius 3 is 2.12 bits per heavy atom. The molecule has 4 nitrogen and oxygen atoms in total. The first kappa shape index (κ1) is 20.6. The minimum Gasteiger partial charge on any atom is -0.466 e. The van der Waals surface area contributed by atoms with Crippen LogP contribution < -0.4 is 4.72 Å². The molecule has 1 aromatic rings. The van der Waals surface area contributed by atoms with Crippen LogP contribution in [0.3, 0.4) is 0 Å². The van der Waals surface area contributed by atoms with Gasteiger partial charge in [-0.3, -0.25) is 4.79 Å². The van der Waals surface area contributed by atoms with E-state index in [-0.39, 0.29) is 12.2 Å². The molecule has 0 saturated heterocycles. The highest BCUT2D eigenvalue weighted by molar-refractivity contribution is 7.84. The third-order valence-electron chi connectivity index (χ3n) is 3.29. The number of rotatable bonds is 6. The van der Waals surface area contributed by atoms with Gasteiger partial charge in [-0.2, -0.15) is 13.2 Å². The van der Waals surface area contributed by atoms with E-state index in [0.29, 0.717) is 0 Å². The Balaban J connectivity index is 3.45. The Morgan fingerprint density at radius 2 is 1.71 bits per heavy atom. The summed E-state index contributed by atoms with van der Waals surface area (Å²) in [7, 11) is -2.05. The lowest BCUT2D eigenvalue weighted by Crippen LogP contribution is -2.58. The van der Waals surface area contributed by atoms with Crippen molar-refractivity contribution >= 4 is 17.0 Å². The molecular weight excluding hydrogens is 343 g/mol. The fourth-order valence-corrected chi connectivity index (χ4v) is 2.91. The first-order valence-electron chi connectivity index (χ1n) is 7.41. The number of hydrogen-bond donors (Lipinski definition) is 1. The second kappa shape index (κ2) is 7.65. The molecule has 0 heterocycles. The number of carbonyl (C=O) groups excluding carboxylic acids is 1. The highest BCUT2D eigenvalue weighted by Crippen LogP contribution is 2.43. The summed E-state index contributed by atoms with van der Waals surface area (Å²) in [5.74, 6) is -1.02. The van der Waals surface area contributed by atoms with E-state index in [2.05, 4.69) is 4.72 Å². The Hall–Kier alpha value is -1.41. The predicted octanol–water partition coefficient (Wildman–Crippen LogP) is 3.45. The van der Waals surface area contributed by atoms with Crippen LogP contribution in [0, 0.1) is 0 Å². The van der Waals surface area contributed by atoms with Crippen molar-refractivity contribution in [3.63, 3.8) is 0 Å². The SMILES string of the molecule is CCOC(=O)CC(NS(=O)C(C)(C)C)(c1ccccc1)C(F)(F)F. The molecule has 1 rings (SSSR count). The molecule has 24 heavy (non-hydrogen) atoms. The van der Waals surface area contributed by atoms with E-state index in [9.17, 15) is 22.2 Å². The lowest BCUT2D eigenvalue weighted by atomic mass is 9.87. The maximum Gasteiger partial charge on any atom is 0.412 e. The van der Waals surface area contributed by atoms with Crippen molar-refractivity contribution in [3.8, 4) is 0 Å². The summed E-state index contributed by atoms with van der Waals surface area (Å²) in [6.45, 7) is 6.12. The molecule has 0 spiro atoms. The summed E-state index contributed by atoms with van der Waals surface area (Å²) in [5, 5.41) is 0. The smallest absolute Gasteiger partial charge is 0.412 e. The Bertz CT molecular complexity index is 584. The summed E-state index contributed by atoms with van der Waals surface area (Å²) >= 11 is 0. The van der Waals surface area contributed by atoms with Crippen molar-refractivity contribution in [2.45, 2.75) is 50.6 Å². The summed E-state index contributed by atoms with van der Waals surface area (Å²) < 4.78 is 60.3. The van der Waals surface area contributed by atoms with Gasteiger partial charge in [-0.15, -0.1) is 0 Å². The van der Waals surface area contributed by atoms with Crippen LogP contribution in [0.1, 0.15) is 39.7 Å². The molecular formula is C16H22F3NO3S. The van der Waals surface area contributed by atoms with E-state index in [4.69, 9.17) is 4.74 Å². The number of benzene rings is 1. The van der Waals surface area contributed by atoms with Gasteiger partial charge in [0.15, 0.2) is 5.54 Å². The fourth-order valence-electron chi connectivity index (χ4n) is 1.98. The normalized spacial score (nSPS) is 16.3. The molecule has 0 aliphatic heterocycles. The van der Waals surface area contributed by atoms with Gasteiger partial charge in [0.25, 0.3) is 0 Å². The second-order valence-electron chi connectivity index (χ2n) is 6.23. The van der Waals surface area contributed by atoms with Gasteiger partial charge < -0.3 is 4.74 Å². The van der Waals surface area contributed by atoms with Crippen LogP contribution in [-0.4, -0.2) is 27.7 Å². The van der Waals surface area contributed by atoms with Crippen LogP contribution in [0.2, 0.25) is 0 Å². The zero-order valence-electron chi connectivity index (χ0n) is 14.1. The molecule has 8 heteroatoms. The van der Waals surface area contributed by atoms with E-state index in [1.165, 1.54) is 31.2 Å². The Kier molecular flexibility index (Phi) is 6.58. The highest BCUT2D eigenvalue weighted by Gasteiger charge is 2.59. The maximum absolute atomic E-state index is 14.0. The average Bonchev–Trinajstić information content (AvgIpc) is 2.45. The van der Waals surface area contributed by atoms with Crippen LogP contribution in [0.15, 0.2) is 30.3 Å². The molecule has 1 N–H and O–H groups in total. The molecule has 2 unspecified atom stereocenters. The molecule has 2 atom stereocenters. The number of alkyl halides is 3. The standard InChI is InChI=1S/C16H22F3NO3S/c1-5-23-13(21)11-15(16(17,18)19,12-9-7-6-8-10-12)20-24(22)14(2,3)4/h6-10,20H,5,11H2,1-4H3. The Morgan fingerprint density at radius 1 is 1.17 bits per heavy atom. The summed E-state index contributed by atoms with van der Waals surface area (Å²) in [5.41, 5.74) is -2.98. The molecule has 136 valence electrons. The lowest BCUT2D eigenvalue weighted by molar-refractivity contribution is -0.202. The largest absolute Gasteiger partial charge is 0.466 e. The molecule has 0 fully saturated rings. The molecule has 0 aliphatic rings. The molecule has 1 aromatic carbocycles. The van der Waals surface area contributed by atoms with Crippen molar-refractivity contribution in [2.75, 3.05) is 6.61 Å². The number of ether oxygens (including phenoxy) is 1. The minimum atomic E-state index is -4.86. The lowest BCUT2D eigenvalue weighted by Gasteiger charge is -2.37. The van der Waals surface area contributed by atoms with Crippen LogP contribution >= 0.6 is 0 Å².